The van der Waals surface area contributed by atoms with Gasteiger partial charge in [-0.15, -0.1) is 0 Å². The van der Waals surface area contributed by atoms with Gasteiger partial charge in [0.25, 0.3) is 0 Å². The van der Waals surface area contributed by atoms with E-state index in [-0.39, 0.29) is 5.54 Å². The van der Waals surface area contributed by atoms with Crippen molar-refractivity contribution in [1.29, 1.82) is 0 Å². The Hall–Kier alpha value is -0.760. The molecule has 0 aromatic carbocycles. The summed E-state index contributed by atoms with van der Waals surface area (Å²) < 4.78 is 0. The maximum absolute atomic E-state index is 2.65. The van der Waals surface area contributed by atoms with Crippen LogP contribution in [0.15, 0.2) is 23.9 Å². The van der Waals surface area contributed by atoms with Crippen LogP contribution in [0.3, 0.4) is 0 Å². The third-order valence-corrected chi connectivity index (χ3v) is 4.70. The van der Waals surface area contributed by atoms with Gasteiger partial charge in [-0.05, 0) is 37.8 Å². The number of hydrogen-bond acceptors (Lipinski definition) is 2. The minimum Gasteiger partial charge on any atom is -0.351 e. The van der Waals surface area contributed by atoms with Gasteiger partial charge in [0.15, 0.2) is 0 Å². The highest BCUT2D eigenvalue weighted by Gasteiger charge is 2.48. The van der Waals surface area contributed by atoms with Crippen LogP contribution in [0.2, 0.25) is 0 Å². The molecular formula is C16H28N2. The minimum absolute atomic E-state index is 0.280. The molecule has 2 aliphatic rings. The summed E-state index contributed by atoms with van der Waals surface area (Å²) in [5.74, 6) is 1.33. The van der Waals surface area contributed by atoms with Crippen molar-refractivity contribution < 1.29 is 0 Å². The maximum Gasteiger partial charge on any atom is 0.0711 e. The Morgan fingerprint density at radius 3 is 2.28 bits per heavy atom. The zero-order valence-corrected chi connectivity index (χ0v) is 12.6. The van der Waals surface area contributed by atoms with E-state index in [0.717, 1.165) is 6.67 Å². The molecule has 18 heavy (non-hydrogen) atoms. The molecule has 0 atom stereocenters. The van der Waals surface area contributed by atoms with Gasteiger partial charge in [-0.3, -0.25) is 4.90 Å². The van der Waals surface area contributed by atoms with Gasteiger partial charge in [-0.25, -0.2) is 0 Å². The summed E-state index contributed by atoms with van der Waals surface area (Å²) in [6.07, 6.45) is 9.45. The molecule has 102 valence electrons. The molecule has 2 rings (SSSR count). The lowest BCUT2D eigenvalue weighted by atomic mass is 9.76. The molecule has 0 spiro atoms. The molecule has 0 aromatic heterocycles. The van der Waals surface area contributed by atoms with Crippen LogP contribution in [-0.4, -0.2) is 35.6 Å². The molecule has 0 aromatic rings. The molecule has 0 saturated carbocycles. The maximum atomic E-state index is 2.65. The van der Waals surface area contributed by atoms with Crippen LogP contribution in [0, 0.1) is 11.8 Å². The topological polar surface area (TPSA) is 6.48 Å². The molecule has 1 heterocycles. The molecule has 1 aliphatic heterocycles. The van der Waals surface area contributed by atoms with E-state index in [1.807, 2.05) is 0 Å². The second kappa shape index (κ2) is 5.08. The largest absolute Gasteiger partial charge is 0.351 e. The summed E-state index contributed by atoms with van der Waals surface area (Å²) in [5.41, 5.74) is 1.72. The lowest BCUT2D eigenvalue weighted by Gasteiger charge is -2.46. The van der Waals surface area contributed by atoms with Crippen molar-refractivity contribution in [3.8, 4) is 0 Å². The molecule has 1 fully saturated rings. The van der Waals surface area contributed by atoms with Gasteiger partial charge in [-0.1, -0.05) is 39.8 Å². The molecule has 2 nitrogen and oxygen atoms in total. The summed E-state index contributed by atoms with van der Waals surface area (Å²) in [6.45, 7) is 11.7. The molecule has 0 N–H and O–H groups in total. The van der Waals surface area contributed by atoms with Crippen molar-refractivity contribution in [2.24, 2.45) is 11.8 Å². The lowest BCUT2D eigenvalue weighted by Crippen LogP contribution is -2.53. The van der Waals surface area contributed by atoms with E-state index in [1.165, 1.54) is 25.1 Å². The molecule has 0 amide bonds. The first-order valence-electron chi connectivity index (χ1n) is 7.31. The zero-order valence-electron chi connectivity index (χ0n) is 12.6. The monoisotopic (exact) mass is 248 g/mol. The average Bonchev–Trinajstić information content (AvgIpc) is 2.69. The van der Waals surface area contributed by atoms with Crippen LogP contribution in [0.25, 0.3) is 0 Å². The van der Waals surface area contributed by atoms with Gasteiger partial charge in [0.1, 0.15) is 0 Å². The van der Waals surface area contributed by atoms with E-state index in [4.69, 9.17) is 0 Å². The van der Waals surface area contributed by atoms with Gasteiger partial charge in [0, 0.05) is 12.2 Å². The zero-order chi connectivity index (χ0) is 13.3. The smallest absolute Gasteiger partial charge is 0.0711 e. The van der Waals surface area contributed by atoms with Crippen molar-refractivity contribution in [2.75, 3.05) is 20.3 Å². The predicted octanol–water partition coefficient (Wildman–Crippen LogP) is 3.48. The fourth-order valence-corrected chi connectivity index (χ4v) is 3.72. The van der Waals surface area contributed by atoms with E-state index in [2.05, 4.69) is 62.8 Å². The fraction of sp³-hybridized carbons (Fsp3) is 0.750. The Morgan fingerprint density at radius 2 is 1.78 bits per heavy atom. The van der Waals surface area contributed by atoms with Gasteiger partial charge >= 0.3 is 0 Å². The quantitative estimate of drug-likeness (QED) is 0.754. The molecule has 0 unspecified atom stereocenters. The first-order chi connectivity index (χ1) is 8.48. The van der Waals surface area contributed by atoms with Crippen molar-refractivity contribution in [2.45, 2.75) is 46.1 Å². The van der Waals surface area contributed by atoms with E-state index in [0.29, 0.717) is 11.8 Å². The Morgan fingerprint density at radius 1 is 1.11 bits per heavy atom. The average molecular weight is 248 g/mol. The third kappa shape index (κ3) is 2.11. The Labute approximate surface area is 112 Å². The van der Waals surface area contributed by atoms with Gasteiger partial charge < -0.3 is 4.90 Å². The first-order valence-corrected chi connectivity index (χ1v) is 7.31. The number of likely N-dealkylation sites (N-methyl/N-ethyl adjacent to an activating group) is 1. The molecular weight excluding hydrogens is 220 g/mol. The number of nitrogens with zero attached hydrogens (tertiary/aromatic N) is 2. The predicted molar refractivity (Wildman–Crippen MR) is 78.2 cm³/mol. The highest BCUT2D eigenvalue weighted by Crippen LogP contribution is 2.41. The summed E-state index contributed by atoms with van der Waals surface area (Å²) in [5, 5.41) is 0. The van der Waals surface area contributed by atoms with E-state index in [1.54, 1.807) is 0 Å². The van der Waals surface area contributed by atoms with Crippen LogP contribution < -0.4 is 0 Å². The van der Waals surface area contributed by atoms with Crippen molar-refractivity contribution in [3.63, 3.8) is 0 Å². The number of allylic oxidation sites excluding steroid dienone is 3. The second-order valence-electron chi connectivity index (χ2n) is 6.49. The number of rotatable bonds is 3. The molecule has 1 aliphatic carbocycles. The van der Waals surface area contributed by atoms with Crippen molar-refractivity contribution in [3.05, 3.63) is 23.9 Å². The SMILES string of the molecule is CC(C)C1(C(C)C)CN(C)CN1C1=CCCC=C1. The van der Waals surface area contributed by atoms with Gasteiger partial charge in [-0.2, -0.15) is 0 Å². The van der Waals surface area contributed by atoms with Gasteiger partial charge in [0.2, 0.25) is 0 Å². The van der Waals surface area contributed by atoms with Crippen molar-refractivity contribution >= 4 is 0 Å². The van der Waals surface area contributed by atoms with Gasteiger partial charge in [0.05, 0.1) is 12.2 Å². The summed E-state index contributed by atoms with van der Waals surface area (Å²) in [7, 11) is 2.24. The molecule has 0 bridgehead atoms. The van der Waals surface area contributed by atoms with Crippen LogP contribution in [0.1, 0.15) is 40.5 Å². The summed E-state index contributed by atoms with van der Waals surface area (Å²) >= 11 is 0. The Bertz CT molecular complexity index is 344. The van der Waals surface area contributed by atoms with E-state index < -0.39 is 0 Å². The fourth-order valence-electron chi connectivity index (χ4n) is 3.72. The third-order valence-electron chi connectivity index (χ3n) is 4.70. The summed E-state index contributed by atoms with van der Waals surface area (Å²) in [6, 6.07) is 0. The highest BCUT2D eigenvalue weighted by atomic mass is 15.4. The first kappa shape index (κ1) is 13.7. The minimum atomic E-state index is 0.280. The highest BCUT2D eigenvalue weighted by molar-refractivity contribution is 5.25. The van der Waals surface area contributed by atoms with Crippen LogP contribution in [-0.2, 0) is 0 Å². The van der Waals surface area contributed by atoms with Crippen molar-refractivity contribution in [1.82, 2.24) is 9.80 Å². The standard InChI is InChI=1S/C16H28N2/c1-13(2)16(14(3)4)11-17(5)12-18(16)15-9-7-6-8-10-15/h7,9-10,13-14H,6,8,11-12H2,1-5H3. The van der Waals surface area contributed by atoms with Crippen LogP contribution in [0.4, 0.5) is 0 Å². The molecule has 2 heteroatoms. The molecule has 1 saturated heterocycles. The summed E-state index contributed by atoms with van der Waals surface area (Å²) in [4.78, 5) is 5.11. The second-order valence-corrected chi connectivity index (χ2v) is 6.49. The molecule has 0 radical (unpaired) electrons. The normalized spacial score (nSPS) is 24.2. The van der Waals surface area contributed by atoms with E-state index in [9.17, 15) is 0 Å². The lowest BCUT2D eigenvalue weighted by molar-refractivity contribution is 0.0845. The van der Waals surface area contributed by atoms with Crippen LogP contribution in [0.5, 0.6) is 0 Å². The van der Waals surface area contributed by atoms with Crippen LogP contribution >= 0.6 is 0 Å². The van der Waals surface area contributed by atoms with E-state index >= 15 is 0 Å². The Balaban J connectivity index is 2.36. The number of hydrogen-bond donors (Lipinski definition) is 0. The Kier molecular flexibility index (Phi) is 3.86.